The van der Waals surface area contributed by atoms with Crippen molar-refractivity contribution in [1.29, 1.82) is 0 Å². The van der Waals surface area contributed by atoms with Crippen molar-refractivity contribution in [3.8, 4) is 0 Å². The molecule has 0 spiro atoms. The number of rotatable bonds is 6. The lowest BCUT2D eigenvalue weighted by Gasteiger charge is -2.00. The van der Waals surface area contributed by atoms with Crippen molar-refractivity contribution in [1.82, 2.24) is 4.98 Å². The molecule has 0 aliphatic heterocycles. The van der Waals surface area contributed by atoms with Crippen molar-refractivity contribution in [2.24, 2.45) is 0 Å². The van der Waals surface area contributed by atoms with Gasteiger partial charge in [0, 0.05) is 30.0 Å². The number of hydrogen-bond acceptors (Lipinski definition) is 6. The Morgan fingerprint density at radius 3 is 2.12 bits per heavy atom. The Labute approximate surface area is 139 Å². The van der Waals surface area contributed by atoms with E-state index in [0.717, 1.165) is 12.2 Å². The second kappa shape index (κ2) is 7.55. The fourth-order valence-electron chi connectivity index (χ4n) is 1.68. The van der Waals surface area contributed by atoms with E-state index in [1.807, 2.05) is 0 Å². The molecule has 0 saturated carbocycles. The molecule has 0 unspecified atom stereocenters. The quantitative estimate of drug-likeness (QED) is 0.564. The first-order valence-corrected chi connectivity index (χ1v) is 6.68. The average molecular weight is 345 g/mol. The van der Waals surface area contributed by atoms with Crippen molar-refractivity contribution >= 4 is 46.6 Å². The number of aliphatic carboxylic acids is 2. The molecule has 25 heavy (non-hydrogen) atoms. The maximum absolute atomic E-state index is 11.5. The number of fused-ring (bicyclic) bond motifs is 1. The molecule has 4 N–H and O–H groups in total. The Morgan fingerprint density at radius 1 is 0.920 bits per heavy atom. The summed E-state index contributed by atoms with van der Waals surface area (Å²) < 4.78 is 5.26. The minimum absolute atomic E-state index is 0.149. The van der Waals surface area contributed by atoms with Crippen molar-refractivity contribution in [3.63, 3.8) is 0 Å². The number of oxazole rings is 1. The molecule has 1 heterocycles. The molecule has 0 saturated heterocycles. The van der Waals surface area contributed by atoms with Gasteiger partial charge in [-0.2, -0.15) is 4.98 Å². The second-order valence-electron chi connectivity index (χ2n) is 4.52. The van der Waals surface area contributed by atoms with Crippen molar-refractivity contribution < 1.29 is 33.8 Å². The third kappa shape index (κ3) is 5.32. The van der Waals surface area contributed by atoms with Crippen LogP contribution in [0.3, 0.4) is 0 Å². The standard InChI is InChI=1S/C15H11N3O7/c19-11(3-5-13(21)22)16-8-1-2-10-9(7-8)17-15(25-10)18-12(20)4-6-14(23)24/h1-7H,(H,16,19)(H,21,22)(H,23,24)(H,17,18,20)/b5-3-,6-4-. The Bertz CT molecular complexity index is 875. The fraction of sp³-hybridized carbons (Fsp3) is 0. The normalized spacial score (nSPS) is 11.0. The predicted octanol–water partition coefficient (Wildman–Crippen LogP) is 0.986. The number of aromatic nitrogens is 1. The fourth-order valence-corrected chi connectivity index (χ4v) is 1.68. The predicted molar refractivity (Wildman–Crippen MR) is 84.8 cm³/mol. The summed E-state index contributed by atoms with van der Waals surface area (Å²) in [7, 11) is 0. The lowest BCUT2D eigenvalue weighted by molar-refractivity contribution is -0.132. The van der Waals surface area contributed by atoms with Crippen molar-refractivity contribution in [2.45, 2.75) is 0 Å². The number of carbonyl (C=O) groups is 4. The molecule has 2 aromatic rings. The zero-order chi connectivity index (χ0) is 18.4. The van der Waals surface area contributed by atoms with E-state index < -0.39 is 23.8 Å². The first-order valence-electron chi connectivity index (χ1n) is 6.68. The zero-order valence-electron chi connectivity index (χ0n) is 12.4. The van der Waals surface area contributed by atoms with Gasteiger partial charge in [-0.25, -0.2) is 9.59 Å². The molecule has 0 fully saturated rings. The summed E-state index contributed by atoms with van der Waals surface area (Å²) in [5, 5.41) is 21.6. The third-order valence-corrected chi connectivity index (χ3v) is 2.64. The summed E-state index contributed by atoms with van der Waals surface area (Å²) in [5.74, 6) is -3.90. The van der Waals surface area contributed by atoms with E-state index >= 15 is 0 Å². The monoisotopic (exact) mass is 345 g/mol. The second-order valence-corrected chi connectivity index (χ2v) is 4.52. The van der Waals surface area contributed by atoms with Gasteiger partial charge in [0.1, 0.15) is 5.52 Å². The average Bonchev–Trinajstić information content (AvgIpc) is 2.92. The van der Waals surface area contributed by atoms with Crippen LogP contribution in [-0.2, 0) is 19.2 Å². The lowest BCUT2D eigenvalue weighted by Crippen LogP contribution is -2.09. The molecule has 0 atom stereocenters. The number of nitrogens with one attached hydrogen (secondary N) is 2. The van der Waals surface area contributed by atoms with Gasteiger partial charge in [-0.3, -0.25) is 14.9 Å². The molecule has 0 aliphatic rings. The molecule has 2 rings (SSSR count). The van der Waals surface area contributed by atoms with Crippen LogP contribution < -0.4 is 10.6 Å². The van der Waals surface area contributed by atoms with E-state index in [4.69, 9.17) is 14.6 Å². The molecular weight excluding hydrogens is 334 g/mol. The maximum Gasteiger partial charge on any atom is 0.328 e. The third-order valence-electron chi connectivity index (χ3n) is 2.64. The Hall–Kier alpha value is -3.95. The maximum atomic E-state index is 11.5. The summed E-state index contributed by atoms with van der Waals surface area (Å²) in [6, 6.07) is 4.29. The highest BCUT2D eigenvalue weighted by Crippen LogP contribution is 2.22. The van der Waals surface area contributed by atoms with Gasteiger partial charge in [-0.05, 0) is 18.2 Å². The molecule has 0 radical (unpaired) electrons. The molecule has 1 aromatic carbocycles. The SMILES string of the molecule is O=C(O)/C=C\C(=O)Nc1ccc2oc(NC(=O)/C=C\C(=O)O)nc2c1. The van der Waals surface area contributed by atoms with E-state index in [9.17, 15) is 19.2 Å². The highest BCUT2D eigenvalue weighted by atomic mass is 16.4. The van der Waals surface area contributed by atoms with E-state index in [1.54, 1.807) is 0 Å². The molecular formula is C15H11N3O7. The number of amides is 2. The van der Waals surface area contributed by atoms with E-state index in [1.165, 1.54) is 18.2 Å². The van der Waals surface area contributed by atoms with Gasteiger partial charge in [0.05, 0.1) is 0 Å². The van der Waals surface area contributed by atoms with Crippen LogP contribution in [0.1, 0.15) is 0 Å². The van der Waals surface area contributed by atoms with Gasteiger partial charge in [0.15, 0.2) is 5.58 Å². The summed E-state index contributed by atoms with van der Waals surface area (Å²) in [5.41, 5.74) is 0.971. The largest absolute Gasteiger partial charge is 0.478 e. The first kappa shape index (κ1) is 17.4. The summed E-state index contributed by atoms with van der Waals surface area (Å²) >= 11 is 0. The van der Waals surface area contributed by atoms with Crippen LogP contribution >= 0.6 is 0 Å². The molecule has 0 aliphatic carbocycles. The van der Waals surface area contributed by atoms with Crippen LogP contribution in [-0.4, -0.2) is 39.0 Å². The molecule has 0 bridgehead atoms. The number of carbonyl (C=O) groups excluding carboxylic acids is 2. The first-order chi connectivity index (χ1) is 11.8. The molecule has 10 nitrogen and oxygen atoms in total. The number of anilines is 2. The van der Waals surface area contributed by atoms with Crippen molar-refractivity contribution in [3.05, 3.63) is 42.5 Å². The van der Waals surface area contributed by atoms with E-state index in [0.29, 0.717) is 28.9 Å². The van der Waals surface area contributed by atoms with Crippen molar-refractivity contribution in [2.75, 3.05) is 10.6 Å². The minimum Gasteiger partial charge on any atom is -0.478 e. The summed E-state index contributed by atoms with van der Waals surface area (Å²) in [6.07, 6.45) is 3.02. The molecule has 128 valence electrons. The number of carboxylic acids is 2. The van der Waals surface area contributed by atoms with Gasteiger partial charge >= 0.3 is 18.0 Å². The van der Waals surface area contributed by atoms with Crippen LogP contribution in [0.5, 0.6) is 0 Å². The number of carboxylic acid groups (broad SMARTS) is 2. The van der Waals surface area contributed by atoms with Gasteiger partial charge < -0.3 is 19.9 Å². The van der Waals surface area contributed by atoms with Crippen LogP contribution in [0.4, 0.5) is 11.7 Å². The highest BCUT2D eigenvalue weighted by Gasteiger charge is 2.09. The Balaban J connectivity index is 2.10. The van der Waals surface area contributed by atoms with Crippen LogP contribution in [0.25, 0.3) is 11.1 Å². The highest BCUT2D eigenvalue weighted by molar-refractivity contribution is 6.03. The minimum atomic E-state index is -1.27. The van der Waals surface area contributed by atoms with Gasteiger partial charge in [0.2, 0.25) is 5.91 Å². The number of nitrogens with zero attached hydrogens (tertiary/aromatic N) is 1. The number of benzene rings is 1. The molecule has 10 heteroatoms. The lowest BCUT2D eigenvalue weighted by atomic mass is 10.3. The summed E-state index contributed by atoms with van der Waals surface area (Å²) in [6.45, 7) is 0. The van der Waals surface area contributed by atoms with Gasteiger partial charge in [0.25, 0.3) is 5.91 Å². The van der Waals surface area contributed by atoms with E-state index in [-0.39, 0.29) is 6.01 Å². The van der Waals surface area contributed by atoms with Crippen LogP contribution in [0.15, 0.2) is 46.9 Å². The zero-order valence-corrected chi connectivity index (χ0v) is 12.4. The van der Waals surface area contributed by atoms with E-state index in [2.05, 4.69) is 15.6 Å². The summed E-state index contributed by atoms with van der Waals surface area (Å²) in [4.78, 5) is 47.6. The van der Waals surface area contributed by atoms with Gasteiger partial charge in [-0.1, -0.05) is 0 Å². The van der Waals surface area contributed by atoms with Crippen LogP contribution in [0.2, 0.25) is 0 Å². The van der Waals surface area contributed by atoms with Gasteiger partial charge in [-0.15, -0.1) is 0 Å². The molecule has 1 aromatic heterocycles. The topological polar surface area (TPSA) is 159 Å². The number of hydrogen-bond donors (Lipinski definition) is 4. The Kier molecular flexibility index (Phi) is 5.25. The molecule has 2 amide bonds. The van der Waals surface area contributed by atoms with Crippen LogP contribution in [0, 0.1) is 0 Å². The smallest absolute Gasteiger partial charge is 0.328 e. The Morgan fingerprint density at radius 2 is 1.52 bits per heavy atom.